The molecule has 0 aliphatic heterocycles. The molecule has 1 nitrogen and oxygen atoms in total. The fraction of sp³-hybridized carbons (Fsp3) is 0.300. The lowest BCUT2D eigenvalue weighted by Gasteiger charge is -2.40. The van der Waals surface area contributed by atoms with Gasteiger partial charge in [-0.25, -0.2) is 0 Å². The van der Waals surface area contributed by atoms with Crippen molar-refractivity contribution in [3.63, 3.8) is 0 Å². The highest BCUT2D eigenvalue weighted by atomic mass is 32.5. The zero-order valence-corrected chi connectivity index (χ0v) is 17.0. The molecular formula is C20H21F8NS. The Balaban J connectivity index is 2.12. The molecule has 0 amide bonds. The number of halogens is 8. The van der Waals surface area contributed by atoms with Crippen molar-refractivity contribution >= 4 is 15.9 Å². The van der Waals surface area contributed by atoms with E-state index in [1.54, 1.807) is 19.9 Å². The number of anilines is 1. The smallest absolute Gasteiger partial charge is 0.359 e. The SMILES string of the molecule is C=C(Nc1cccc(S(F)(F)(F)(F)F)c1)C(C)(C)CCc1cccc(C(F)(F)F)c1. The Labute approximate surface area is 169 Å². The summed E-state index contributed by atoms with van der Waals surface area (Å²) in [4.78, 5) is -2.02. The molecule has 30 heavy (non-hydrogen) atoms. The van der Waals surface area contributed by atoms with E-state index >= 15 is 0 Å². The number of rotatable bonds is 7. The van der Waals surface area contributed by atoms with E-state index in [9.17, 15) is 32.6 Å². The number of benzene rings is 2. The number of allylic oxidation sites excluding steroid dienone is 1. The summed E-state index contributed by atoms with van der Waals surface area (Å²) in [5, 5.41) is 2.61. The first-order valence-electron chi connectivity index (χ1n) is 8.75. The van der Waals surface area contributed by atoms with Crippen LogP contribution in [0.4, 0.5) is 38.3 Å². The lowest BCUT2D eigenvalue weighted by Crippen LogP contribution is -2.21. The summed E-state index contributed by atoms with van der Waals surface area (Å²) in [6.07, 6.45) is -3.89. The van der Waals surface area contributed by atoms with Crippen LogP contribution in [0.2, 0.25) is 0 Å². The van der Waals surface area contributed by atoms with Crippen LogP contribution in [-0.2, 0) is 12.6 Å². The van der Waals surface area contributed by atoms with Crippen LogP contribution in [0.15, 0.2) is 65.7 Å². The van der Waals surface area contributed by atoms with E-state index in [2.05, 4.69) is 11.9 Å². The second kappa shape index (κ2) is 6.90. The molecule has 2 aromatic carbocycles. The summed E-state index contributed by atoms with van der Waals surface area (Å²) in [5.41, 5.74) is -1.05. The molecule has 0 bridgehead atoms. The van der Waals surface area contributed by atoms with Crippen LogP contribution in [0.5, 0.6) is 0 Å². The number of nitrogens with one attached hydrogen (secondary N) is 1. The van der Waals surface area contributed by atoms with Gasteiger partial charge in [0.05, 0.1) is 5.56 Å². The van der Waals surface area contributed by atoms with Gasteiger partial charge in [-0.15, -0.1) is 0 Å². The number of aryl methyl sites for hydroxylation is 1. The van der Waals surface area contributed by atoms with Crippen LogP contribution in [0.25, 0.3) is 0 Å². The Morgan fingerprint density at radius 1 is 0.933 bits per heavy atom. The zero-order chi connectivity index (χ0) is 23.1. The van der Waals surface area contributed by atoms with Crippen molar-refractivity contribution in [1.82, 2.24) is 0 Å². The summed E-state index contributed by atoms with van der Waals surface area (Å²) < 4.78 is 103. The molecule has 1 N–H and O–H groups in total. The molecule has 0 aromatic heterocycles. The van der Waals surface area contributed by atoms with Crippen molar-refractivity contribution in [2.24, 2.45) is 5.41 Å². The van der Waals surface area contributed by atoms with Crippen LogP contribution < -0.4 is 5.32 Å². The highest BCUT2D eigenvalue weighted by Gasteiger charge is 2.65. The minimum atomic E-state index is -9.82. The molecule has 0 atom stereocenters. The highest BCUT2D eigenvalue weighted by molar-refractivity contribution is 8.45. The summed E-state index contributed by atoms with van der Waals surface area (Å²) in [6.45, 7) is 7.16. The van der Waals surface area contributed by atoms with Crippen LogP contribution in [0.3, 0.4) is 0 Å². The van der Waals surface area contributed by atoms with Gasteiger partial charge in [0.2, 0.25) is 0 Å². The zero-order valence-electron chi connectivity index (χ0n) is 16.2. The molecule has 2 rings (SSSR count). The van der Waals surface area contributed by atoms with Crippen molar-refractivity contribution in [1.29, 1.82) is 0 Å². The fourth-order valence-corrected chi connectivity index (χ4v) is 3.35. The van der Waals surface area contributed by atoms with Crippen molar-refractivity contribution in [3.8, 4) is 0 Å². The van der Waals surface area contributed by atoms with Gasteiger partial charge in [-0.3, -0.25) is 0 Å². The molecular weight excluding hydrogens is 438 g/mol. The topological polar surface area (TPSA) is 12.0 Å². The monoisotopic (exact) mass is 459 g/mol. The Bertz CT molecular complexity index is 946. The average Bonchev–Trinajstić information content (AvgIpc) is 2.58. The van der Waals surface area contributed by atoms with E-state index in [0.29, 0.717) is 24.1 Å². The van der Waals surface area contributed by atoms with Crippen LogP contribution in [0.1, 0.15) is 31.4 Å². The van der Waals surface area contributed by atoms with E-state index < -0.39 is 32.3 Å². The van der Waals surface area contributed by atoms with Gasteiger partial charge >= 0.3 is 16.4 Å². The molecule has 0 saturated carbocycles. The molecule has 0 fully saturated rings. The molecule has 0 radical (unpaired) electrons. The maximum absolute atomic E-state index is 13.0. The molecule has 168 valence electrons. The third-order valence-electron chi connectivity index (χ3n) is 4.68. The average molecular weight is 459 g/mol. The van der Waals surface area contributed by atoms with Gasteiger partial charge < -0.3 is 5.32 Å². The quantitative estimate of drug-likeness (QED) is 0.408. The number of alkyl halides is 3. The summed E-state index contributed by atoms with van der Waals surface area (Å²) in [7, 11) is -9.82. The Morgan fingerprint density at radius 3 is 2.10 bits per heavy atom. The first-order valence-corrected chi connectivity index (χ1v) is 10.7. The largest absolute Gasteiger partial charge is 0.416 e. The Hall–Kier alpha value is -2.23. The maximum Gasteiger partial charge on any atom is 0.416 e. The molecule has 0 heterocycles. The van der Waals surface area contributed by atoms with E-state index in [0.717, 1.165) is 18.2 Å². The lowest BCUT2D eigenvalue weighted by atomic mass is 9.83. The first kappa shape index (κ1) is 24.0. The second-order valence-corrected chi connectivity index (χ2v) is 10.1. The predicted octanol–water partition coefficient (Wildman–Crippen LogP) is 8.95. The molecule has 0 spiro atoms. The Morgan fingerprint density at radius 2 is 1.53 bits per heavy atom. The fourth-order valence-electron chi connectivity index (χ4n) is 2.67. The maximum atomic E-state index is 13.0. The molecule has 0 unspecified atom stereocenters. The molecule has 0 aliphatic rings. The van der Waals surface area contributed by atoms with Gasteiger partial charge in [0, 0.05) is 16.8 Å². The summed E-state index contributed by atoms with van der Waals surface area (Å²) in [6, 6.07) is 7.50. The van der Waals surface area contributed by atoms with Gasteiger partial charge in [0.25, 0.3) is 0 Å². The summed E-state index contributed by atoms with van der Waals surface area (Å²) >= 11 is 0. The van der Waals surface area contributed by atoms with Crippen LogP contribution in [-0.4, -0.2) is 0 Å². The standard InChI is InChI=1S/C20H21F8NS/c1-14(29-17-8-5-9-18(13-17)30(24,25,26,27)28)19(2,3)11-10-15-6-4-7-16(12-15)20(21,22)23/h4-9,12-13,29H,1,10-11H2,2-3H3. The molecule has 0 aliphatic carbocycles. The van der Waals surface area contributed by atoms with Gasteiger partial charge in [-0.2, -0.15) is 13.2 Å². The minimum Gasteiger partial charge on any atom is -0.359 e. The molecule has 0 saturated heterocycles. The molecule has 2 aromatic rings. The van der Waals surface area contributed by atoms with E-state index in [4.69, 9.17) is 0 Å². The van der Waals surface area contributed by atoms with Crippen molar-refractivity contribution in [2.45, 2.75) is 37.8 Å². The lowest BCUT2D eigenvalue weighted by molar-refractivity contribution is -0.137. The van der Waals surface area contributed by atoms with Crippen LogP contribution >= 0.6 is 10.2 Å². The van der Waals surface area contributed by atoms with Crippen molar-refractivity contribution in [3.05, 3.63) is 71.9 Å². The van der Waals surface area contributed by atoms with Gasteiger partial charge in [-0.1, -0.05) is 64.1 Å². The van der Waals surface area contributed by atoms with Crippen molar-refractivity contribution < 1.29 is 32.6 Å². The third-order valence-corrected chi connectivity index (χ3v) is 5.83. The van der Waals surface area contributed by atoms with E-state index in [1.807, 2.05) is 0 Å². The van der Waals surface area contributed by atoms with Gasteiger partial charge in [0.15, 0.2) is 0 Å². The number of hydrogen-bond donors (Lipinski definition) is 1. The third kappa shape index (κ3) is 6.38. The van der Waals surface area contributed by atoms with E-state index in [1.165, 1.54) is 12.1 Å². The number of hydrogen-bond acceptors (Lipinski definition) is 1. The normalized spacial score (nSPS) is 15.3. The highest BCUT2D eigenvalue weighted by Crippen LogP contribution is 3.02. The van der Waals surface area contributed by atoms with Gasteiger partial charge in [-0.05, 0) is 42.7 Å². The van der Waals surface area contributed by atoms with Gasteiger partial charge in [0.1, 0.15) is 4.90 Å². The second-order valence-electron chi connectivity index (χ2n) is 7.68. The predicted molar refractivity (Wildman–Crippen MR) is 104 cm³/mol. The first-order chi connectivity index (χ1) is 13.3. The van der Waals surface area contributed by atoms with Crippen LogP contribution in [0, 0.1) is 5.41 Å². The molecule has 10 heteroatoms. The van der Waals surface area contributed by atoms with E-state index in [-0.39, 0.29) is 17.8 Å². The van der Waals surface area contributed by atoms with Crippen molar-refractivity contribution in [2.75, 3.05) is 5.32 Å². The summed E-state index contributed by atoms with van der Waals surface area (Å²) in [5.74, 6) is 0. The Kier molecular flexibility index (Phi) is 5.53. The minimum absolute atomic E-state index is 0.210.